The Morgan fingerprint density at radius 1 is 1.25 bits per heavy atom. The second kappa shape index (κ2) is 7.02. The molecule has 0 bridgehead atoms. The molecule has 10 heteroatoms. The number of nitrogens with zero attached hydrogens (tertiary/aromatic N) is 5. The molecular weight excluding hydrogens is 380 g/mol. The van der Waals surface area contributed by atoms with Crippen LogP contribution in [0, 0.1) is 5.92 Å². The van der Waals surface area contributed by atoms with Gasteiger partial charge in [-0.2, -0.15) is 8.42 Å². The van der Waals surface area contributed by atoms with Crippen LogP contribution < -0.4 is 9.80 Å². The molecule has 9 nitrogen and oxygen atoms in total. The molecule has 0 radical (unpaired) electrons. The first-order valence-electron chi connectivity index (χ1n) is 9.04. The fourth-order valence-corrected chi connectivity index (χ4v) is 4.20. The van der Waals surface area contributed by atoms with Gasteiger partial charge in [-0.1, -0.05) is 6.92 Å². The minimum atomic E-state index is -4.24. The third kappa shape index (κ3) is 3.40. The van der Waals surface area contributed by atoms with Gasteiger partial charge in [-0.3, -0.25) is 4.55 Å². The number of rotatable bonds is 4. The molecule has 0 spiro atoms. The summed E-state index contributed by atoms with van der Waals surface area (Å²) in [5.74, 6) is 2.01. The zero-order valence-corrected chi connectivity index (χ0v) is 16.5. The van der Waals surface area contributed by atoms with E-state index >= 15 is 0 Å². The van der Waals surface area contributed by atoms with E-state index in [1.807, 2.05) is 19.3 Å². The smallest absolute Gasteiger partial charge is 0.296 e. The van der Waals surface area contributed by atoms with Gasteiger partial charge in [-0.05, 0) is 30.5 Å². The lowest BCUT2D eigenvalue weighted by Gasteiger charge is -2.42. The minimum Gasteiger partial charge on any atom is -0.355 e. The SMILES string of the molecule is CC1CCN(c2ccc(S(=O)(=O)O)cn2)CC1N(C)c1ncnc2[nH]ccc12. The highest BCUT2D eigenvalue weighted by molar-refractivity contribution is 7.85. The van der Waals surface area contributed by atoms with Crippen LogP contribution in [0.3, 0.4) is 0 Å². The summed E-state index contributed by atoms with van der Waals surface area (Å²) < 4.78 is 31.6. The lowest BCUT2D eigenvalue weighted by molar-refractivity contribution is 0.366. The van der Waals surface area contributed by atoms with Crippen LogP contribution in [0.15, 0.2) is 41.8 Å². The highest BCUT2D eigenvalue weighted by atomic mass is 32.2. The van der Waals surface area contributed by atoms with E-state index in [0.29, 0.717) is 11.7 Å². The molecule has 0 amide bonds. The Morgan fingerprint density at radius 2 is 2.07 bits per heavy atom. The van der Waals surface area contributed by atoms with Crippen LogP contribution in [0.1, 0.15) is 13.3 Å². The van der Waals surface area contributed by atoms with Crippen molar-refractivity contribution in [3.63, 3.8) is 0 Å². The molecule has 28 heavy (non-hydrogen) atoms. The van der Waals surface area contributed by atoms with Gasteiger partial charge in [-0.15, -0.1) is 0 Å². The summed E-state index contributed by atoms with van der Waals surface area (Å²) in [5, 5.41) is 0.977. The standard InChI is InChI=1S/C18H22N6O3S/c1-12-6-8-24(16-4-3-13(9-20-16)28(25,26)27)10-15(12)23(2)18-14-5-7-19-17(14)21-11-22-18/h3-5,7,9,11-12,15H,6,8,10H2,1-2H3,(H,19,21,22)(H,25,26,27). The van der Waals surface area contributed by atoms with E-state index in [2.05, 4.69) is 36.7 Å². The van der Waals surface area contributed by atoms with E-state index in [4.69, 9.17) is 4.55 Å². The van der Waals surface area contributed by atoms with Crippen molar-refractivity contribution in [3.05, 3.63) is 36.9 Å². The molecular formula is C18H22N6O3S. The average molecular weight is 402 g/mol. The molecule has 1 aliphatic rings. The quantitative estimate of drug-likeness (QED) is 0.636. The number of H-pyrrole nitrogens is 1. The zero-order valence-electron chi connectivity index (χ0n) is 15.6. The van der Waals surface area contributed by atoms with Crippen LogP contribution in [-0.4, -0.2) is 59.1 Å². The van der Waals surface area contributed by atoms with Crippen LogP contribution in [0.2, 0.25) is 0 Å². The van der Waals surface area contributed by atoms with E-state index in [9.17, 15) is 8.42 Å². The molecule has 4 heterocycles. The van der Waals surface area contributed by atoms with E-state index in [0.717, 1.165) is 36.4 Å². The highest BCUT2D eigenvalue weighted by Gasteiger charge is 2.31. The number of aromatic nitrogens is 4. The predicted molar refractivity (Wildman–Crippen MR) is 106 cm³/mol. The van der Waals surface area contributed by atoms with Crippen molar-refractivity contribution >= 4 is 32.8 Å². The van der Waals surface area contributed by atoms with Crippen LogP contribution in [-0.2, 0) is 10.1 Å². The molecule has 0 aromatic carbocycles. The van der Waals surface area contributed by atoms with Crippen molar-refractivity contribution in [2.75, 3.05) is 29.9 Å². The van der Waals surface area contributed by atoms with E-state index < -0.39 is 10.1 Å². The third-order valence-electron chi connectivity index (χ3n) is 5.43. The largest absolute Gasteiger partial charge is 0.355 e. The summed E-state index contributed by atoms with van der Waals surface area (Å²) in [6, 6.07) is 5.18. The molecule has 2 N–H and O–H groups in total. The number of likely N-dealkylation sites (N-methyl/N-ethyl adjacent to an activating group) is 1. The molecule has 3 aromatic rings. The maximum Gasteiger partial charge on any atom is 0.296 e. The van der Waals surface area contributed by atoms with Gasteiger partial charge in [0.05, 0.1) is 17.6 Å². The fourth-order valence-electron chi connectivity index (χ4n) is 3.77. The Labute approximate surface area is 163 Å². The molecule has 4 rings (SSSR count). The Bertz CT molecular complexity index is 1080. The van der Waals surface area contributed by atoms with Crippen molar-refractivity contribution in [1.82, 2.24) is 19.9 Å². The predicted octanol–water partition coefficient (Wildman–Crippen LogP) is 1.95. The van der Waals surface area contributed by atoms with Crippen LogP contribution in [0.5, 0.6) is 0 Å². The number of nitrogens with one attached hydrogen (secondary N) is 1. The van der Waals surface area contributed by atoms with Gasteiger partial charge < -0.3 is 14.8 Å². The monoisotopic (exact) mass is 402 g/mol. The van der Waals surface area contributed by atoms with Gasteiger partial charge in [-0.25, -0.2) is 15.0 Å². The summed E-state index contributed by atoms with van der Waals surface area (Å²) in [4.78, 5) is 20.2. The lowest BCUT2D eigenvalue weighted by atomic mass is 9.92. The van der Waals surface area contributed by atoms with E-state index in [1.54, 1.807) is 12.4 Å². The van der Waals surface area contributed by atoms with Gasteiger partial charge in [0.15, 0.2) is 0 Å². The molecule has 1 aliphatic heterocycles. The van der Waals surface area contributed by atoms with E-state index in [1.165, 1.54) is 12.3 Å². The number of pyridine rings is 1. The average Bonchev–Trinajstić information content (AvgIpc) is 3.16. The number of piperidine rings is 1. The summed E-state index contributed by atoms with van der Waals surface area (Å²) >= 11 is 0. The number of anilines is 2. The molecule has 1 saturated heterocycles. The van der Waals surface area contributed by atoms with Gasteiger partial charge >= 0.3 is 0 Å². The Hall–Kier alpha value is -2.72. The number of hydrogen-bond acceptors (Lipinski definition) is 7. The second-order valence-electron chi connectivity index (χ2n) is 7.15. The van der Waals surface area contributed by atoms with Crippen molar-refractivity contribution in [2.45, 2.75) is 24.3 Å². The summed E-state index contributed by atoms with van der Waals surface area (Å²) in [6.45, 7) is 3.78. The molecule has 1 fully saturated rings. The normalized spacial score (nSPS) is 20.5. The highest BCUT2D eigenvalue weighted by Crippen LogP contribution is 2.30. The first-order valence-corrected chi connectivity index (χ1v) is 10.5. The van der Waals surface area contributed by atoms with Crippen molar-refractivity contribution < 1.29 is 13.0 Å². The molecule has 2 atom stereocenters. The topological polar surface area (TPSA) is 115 Å². The zero-order chi connectivity index (χ0) is 19.9. The van der Waals surface area contributed by atoms with Crippen LogP contribution in [0.25, 0.3) is 11.0 Å². The van der Waals surface area contributed by atoms with Crippen molar-refractivity contribution in [1.29, 1.82) is 0 Å². The number of aromatic amines is 1. The van der Waals surface area contributed by atoms with Crippen LogP contribution >= 0.6 is 0 Å². The third-order valence-corrected chi connectivity index (χ3v) is 6.26. The maximum atomic E-state index is 11.2. The first-order chi connectivity index (χ1) is 13.3. The van der Waals surface area contributed by atoms with Gasteiger partial charge in [0.25, 0.3) is 10.1 Å². The molecule has 148 valence electrons. The lowest BCUT2D eigenvalue weighted by Crippen LogP contribution is -2.51. The summed E-state index contributed by atoms with van der Waals surface area (Å²) in [6.07, 6.45) is 5.58. The Kier molecular flexibility index (Phi) is 4.68. The Morgan fingerprint density at radius 3 is 2.79 bits per heavy atom. The van der Waals surface area contributed by atoms with Gasteiger partial charge in [0, 0.05) is 26.3 Å². The summed E-state index contributed by atoms with van der Waals surface area (Å²) in [7, 11) is -2.20. The van der Waals surface area contributed by atoms with Crippen LogP contribution in [0.4, 0.5) is 11.6 Å². The number of hydrogen-bond donors (Lipinski definition) is 2. The molecule has 0 saturated carbocycles. The van der Waals surface area contributed by atoms with E-state index in [-0.39, 0.29) is 10.9 Å². The van der Waals surface area contributed by atoms with Gasteiger partial charge in [0.1, 0.15) is 28.5 Å². The van der Waals surface area contributed by atoms with Crippen molar-refractivity contribution in [2.24, 2.45) is 5.92 Å². The fraction of sp³-hybridized carbons (Fsp3) is 0.389. The van der Waals surface area contributed by atoms with Crippen molar-refractivity contribution in [3.8, 4) is 0 Å². The Balaban J connectivity index is 1.59. The first kappa shape index (κ1) is 18.6. The second-order valence-corrected chi connectivity index (χ2v) is 8.58. The number of fused-ring (bicyclic) bond motifs is 1. The molecule has 2 unspecified atom stereocenters. The minimum absolute atomic E-state index is 0.199. The maximum absolute atomic E-state index is 11.2. The van der Waals surface area contributed by atoms with Gasteiger partial charge in [0.2, 0.25) is 0 Å². The molecule has 3 aromatic heterocycles. The molecule has 0 aliphatic carbocycles. The summed E-state index contributed by atoms with van der Waals surface area (Å²) in [5.41, 5.74) is 0.805.